The van der Waals surface area contributed by atoms with Crippen LogP contribution in [0.15, 0.2) is 28.7 Å². The molecule has 0 amide bonds. The van der Waals surface area contributed by atoms with Crippen LogP contribution in [0.1, 0.15) is 5.69 Å². The number of methoxy groups -OCH3 is 1. The molecule has 1 N–H and O–H groups in total. The molecule has 1 aromatic heterocycles. The maximum Gasteiger partial charge on any atom is 0.225 e. The van der Waals surface area contributed by atoms with Crippen LogP contribution in [0.2, 0.25) is 0 Å². The smallest absolute Gasteiger partial charge is 0.225 e. The average molecular weight is 324 g/mol. The normalized spacial score (nSPS) is 10.1. The molecule has 100 valence electrons. The second-order valence-electron chi connectivity index (χ2n) is 3.82. The molecule has 2 rings (SSSR count). The molecule has 0 aliphatic rings. The van der Waals surface area contributed by atoms with Crippen molar-refractivity contribution < 1.29 is 9.47 Å². The Labute approximate surface area is 120 Å². The largest absolute Gasteiger partial charge is 0.497 e. The quantitative estimate of drug-likeness (QED) is 0.934. The van der Waals surface area contributed by atoms with Crippen LogP contribution in [-0.2, 0) is 0 Å². The maximum absolute atomic E-state index is 5.74. The number of nitrogens with one attached hydrogen (secondary N) is 1. The SMILES string of the molecule is CNc1nc(C)cc(Oc2ccc(OC)cc2Br)n1. The Morgan fingerprint density at radius 1 is 1.21 bits per heavy atom. The molecule has 0 saturated heterocycles. The summed E-state index contributed by atoms with van der Waals surface area (Å²) in [7, 11) is 3.39. The topological polar surface area (TPSA) is 56.3 Å². The van der Waals surface area contributed by atoms with E-state index in [1.165, 1.54) is 0 Å². The van der Waals surface area contributed by atoms with Crippen LogP contribution < -0.4 is 14.8 Å². The van der Waals surface area contributed by atoms with E-state index < -0.39 is 0 Å². The average Bonchev–Trinajstić information content (AvgIpc) is 2.40. The zero-order valence-corrected chi connectivity index (χ0v) is 12.5. The fourth-order valence-electron chi connectivity index (χ4n) is 1.51. The molecule has 5 nitrogen and oxygen atoms in total. The van der Waals surface area contributed by atoms with Crippen LogP contribution in [0.25, 0.3) is 0 Å². The molecular weight excluding hydrogens is 310 g/mol. The summed E-state index contributed by atoms with van der Waals surface area (Å²) in [5.41, 5.74) is 0.832. The third-order valence-corrected chi connectivity index (χ3v) is 3.03. The standard InChI is InChI=1S/C13H14BrN3O2/c1-8-6-12(17-13(15-2)16-8)19-11-5-4-9(18-3)7-10(11)14/h4-7H,1-3H3,(H,15,16,17). The minimum atomic E-state index is 0.489. The van der Waals surface area contributed by atoms with Gasteiger partial charge in [0.1, 0.15) is 11.5 Å². The van der Waals surface area contributed by atoms with Crippen molar-refractivity contribution in [1.29, 1.82) is 0 Å². The van der Waals surface area contributed by atoms with Crippen molar-refractivity contribution >= 4 is 21.9 Å². The van der Waals surface area contributed by atoms with Gasteiger partial charge in [0.15, 0.2) is 0 Å². The van der Waals surface area contributed by atoms with E-state index in [-0.39, 0.29) is 0 Å². The van der Waals surface area contributed by atoms with E-state index in [4.69, 9.17) is 9.47 Å². The molecule has 19 heavy (non-hydrogen) atoms. The number of ether oxygens (including phenoxy) is 2. The predicted molar refractivity (Wildman–Crippen MR) is 77.1 cm³/mol. The fourth-order valence-corrected chi connectivity index (χ4v) is 1.95. The molecule has 0 aliphatic carbocycles. The van der Waals surface area contributed by atoms with Gasteiger partial charge in [0, 0.05) is 18.8 Å². The van der Waals surface area contributed by atoms with Crippen molar-refractivity contribution in [3.63, 3.8) is 0 Å². The highest BCUT2D eigenvalue weighted by Gasteiger charge is 2.07. The highest BCUT2D eigenvalue weighted by atomic mass is 79.9. The number of aryl methyl sites for hydroxylation is 1. The van der Waals surface area contributed by atoms with Gasteiger partial charge in [0.25, 0.3) is 0 Å². The monoisotopic (exact) mass is 323 g/mol. The molecule has 0 radical (unpaired) electrons. The summed E-state index contributed by atoms with van der Waals surface area (Å²) in [6, 6.07) is 7.26. The Morgan fingerprint density at radius 2 is 2.00 bits per heavy atom. The van der Waals surface area contributed by atoms with Gasteiger partial charge in [-0.2, -0.15) is 4.98 Å². The third kappa shape index (κ3) is 3.35. The van der Waals surface area contributed by atoms with E-state index in [0.29, 0.717) is 17.6 Å². The number of anilines is 1. The number of hydrogen-bond donors (Lipinski definition) is 1. The molecule has 1 aromatic carbocycles. The van der Waals surface area contributed by atoms with Gasteiger partial charge in [-0.15, -0.1) is 0 Å². The van der Waals surface area contributed by atoms with Crippen LogP contribution in [0.3, 0.4) is 0 Å². The lowest BCUT2D eigenvalue weighted by atomic mass is 10.3. The summed E-state index contributed by atoms with van der Waals surface area (Å²) >= 11 is 3.44. The van der Waals surface area contributed by atoms with Crippen LogP contribution in [0.5, 0.6) is 17.4 Å². The van der Waals surface area contributed by atoms with Gasteiger partial charge < -0.3 is 14.8 Å². The molecule has 1 heterocycles. The fraction of sp³-hybridized carbons (Fsp3) is 0.231. The Bertz CT molecular complexity index is 590. The van der Waals surface area contributed by atoms with Crippen LogP contribution in [-0.4, -0.2) is 24.1 Å². The summed E-state index contributed by atoms with van der Waals surface area (Å²) in [4.78, 5) is 8.44. The Balaban J connectivity index is 2.28. The maximum atomic E-state index is 5.74. The molecule has 0 fully saturated rings. The number of halogens is 1. The predicted octanol–water partition coefficient (Wildman–Crippen LogP) is 3.39. The van der Waals surface area contributed by atoms with Crippen molar-refractivity contribution in [1.82, 2.24) is 9.97 Å². The van der Waals surface area contributed by atoms with E-state index in [0.717, 1.165) is 15.9 Å². The molecule has 0 unspecified atom stereocenters. The summed E-state index contributed by atoms with van der Waals surface area (Å²) in [5, 5.41) is 2.89. The Hall–Kier alpha value is -1.82. The molecule has 0 spiro atoms. The van der Waals surface area contributed by atoms with Gasteiger partial charge >= 0.3 is 0 Å². The van der Waals surface area contributed by atoms with Gasteiger partial charge in [-0.1, -0.05) is 0 Å². The van der Waals surface area contributed by atoms with Crippen molar-refractivity contribution in [2.45, 2.75) is 6.92 Å². The van der Waals surface area contributed by atoms with Crippen LogP contribution >= 0.6 is 15.9 Å². The number of nitrogens with zero attached hydrogens (tertiary/aromatic N) is 2. The minimum Gasteiger partial charge on any atom is -0.497 e. The summed E-state index contributed by atoms with van der Waals surface area (Å²) in [5.74, 6) is 2.44. The van der Waals surface area contributed by atoms with E-state index >= 15 is 0 Å². The number of rotatable bonds is 4. The van der Waals surface area contributed by atoms with Gasteiger partial charge in [-0.3, -0.25) is 0 Å². The molecule has 0 saturated carbocycles. The van der Waals surface area contributed by atoms with Crippen molar-refractivity contribution in [3.05, 3.63) is 34.4 Å². The summed E-state index contributed by atoms with van der Waals surface area (Å²) < 4.78 is 11.7. The van der Waals surface area contributed by atoms with Crippen molar-refractivity contribution in [3.8, 4) is 17.4 Å². The molecular formula is C13H14BrN3O2. The second kappa shape index (κ2) is 5.88. The number of hydrogen-bond acceptors (Lipinski definition) is 5. The molecule has 2 aromatic rings. The zero-order valence-electron chi connectivity index (χ0n) is 10.9. The lowest BCUT2D eigenvalue weighted by Gasteiger charge is -2.09. The first-order chi connectivity index (χ1) is 9.12. The first kappa shape index (κ1) is 13.6. The Morgan fingerprint density at radius 3 is 2.63 bits per heavy atom. The van der Waals surface area contributed by atoms with E-state index in [1.54, 1.807) is 20.2 Å². The molecule has 0 aliphatic heterocycles. The van der Waals surface area contributed by atoms with Gasteiger partial charge in [0.2, 0.25) is 11.8 Å². The third-order valence-electron chi connectivity index (χ3n) is 2.41. The van der Waals surface area contributed by atoms with Crippen molar-refractivity contribution in [2.24, 2.45) is 0 Å². The minimum absolute atomic E-state index is 0.489. The highest BCUT2D eigenvalue weighted by molar-refractivity contribution is 9.10. The first-order valence-electron chi connectivity index (χ1n) is 5.67. The van der Waals surface area contributed by atoms with Crippen LogP contribution in [0.4, 0.5) is 5.95 Å². The molecule has 6 heteroatoms. The lowest BCUT2D eigenvalue weighted by molar-refractivity contribution is 0.411. The van der Waals surface area contributed by atoms with Gasteiger partial charge in [-0.05, 0) is 41.1 Å². The summed E-state index contributed by atoms with van der Waals surface area (Å²) in [6.45, 7) is 1.89. The zero-order chi connectivity index (χ0) is 13.8. The van der Waals surface area contributed by atoms with E-state index in [1.807, 2.05) is 25.1 Å². The summed E-state index contributed by atoms with van der Waals surface area (Å²) in [6.07, 6.45) is 0. The molecule has 0 bridgehead atoms. The molecule has 0 atom stereocenters. The highest BCUT2D eigenvalue weighted by Crippen LogP contribution is 2.32. The lowest BCUT2D eigenvalue weighted by Crippen LogP contribution is -1.99. The van der Waals surface area contributed by atoms with E-state index in [2.05, 4.69) is 31.2 Å². The van der Waals surface area contributed by atoms with E-state index in [9.17, 15) is 0 Å². The first-order valence-corrected chi connectivity index (χ1v) is 6.46. The van der Waals surface area contributed by atoms with Crippen molar-refractivity contribution in [2.75, 3.05) is 19.5 Å². The second-order valence-corrected chi connectivity index (χ2v) is 4.67. The van der Waals surface area contributed by atoms with Crippen LogP contribution in [0, 0.1) is 6.92 Å². The number of benzene rings is 1. The van der Waals surface area contributed by atoms with Gasteiger partial charge in [-0.25, -0.2) is 4.98 Å². The number of aromatic nitrogens is 2. The van der Waals surface area contributed by atoms with Gasteiger partial charge in [0.05, 0.1) is 11.6 Å². The Kier molecular flexibility index (Phi) is 4.21.